The second-order valence-electron chi connectivity index (χ2n) is 7.27. The maximum Gasteiger partial charge on any atom is 0.263 e. The van der Waals surface area contributed by atoms with Crippen LogP contribution in [0.4, 0.5) is 16.5 Å². The molecule has 0 fully saturated rings. The molecule has 0 radical (unpaired) electrons. The predicted molar refractivity (Wildman–Crippen MR) is 124 cm³/mol. The highest BCUT2D eigenvalue weighted by molar-refractivity contribution is 7.93. The molecule has 31 heavy (non-hydrogen) atoms. The number of nitrogens with one attached hydrogen (secondary N) is 2. The molecular formula is C22H22N4O3S2. The molecule has 2 aliphatic heterocycles. The van der Waals surface area contributed by atoms with E-state index in [1.165, 1.54) is 22.5 Å². The van der Waals surface area contributed by atoms with Gasteiger partial charge in [0, 0.05) is 35.4 Å². The van der Waals surface area contributed by atoms with Crippen molar-refractivity contribution in [3.05, 3.63) is 65.7 Å². The number of hydrogen-bond acceptors (Lipinski definition) is 7. The summed E-state index contributed by atoms with van der Waals surface area (Å²) < 4.78 is 33.9. The van der Waals surface area contributed by atoms with E-state index >= 15 is 0 Å². The largest absolute Gasteiger partial charge is 0.489 e. The number of anilines is 3. The normalized spacial score (nSPS) is 16.3. The molecule has 9 heteroatoms. The van der Waals surface area contributed by atoms with Gasteiger partial charge < -0.3 is 15.0 Å². The van der Waals surface area contributed by atoms with Crippen LogP contribution in [-0.4, -0.2) is 39.6 Å². The molecule has 2 N–H and O–H groups in total. The minimum absolute atomic E-state index is 0.151. The molecule has 160 valence electrons. The van der Waals surface area contributed by atoms with Crippen LogP contribution >= 0.6 is 11.3 Å². The van der Waals surface area contributed by atoms with Crippen molar-refractivity contribution in [2.24, 2.45) is 0 Å². The zero-order valence-electron chi connectivity index (χ0n) is 16.7. The summed E-state index contributed by atoms with van der Waals surface area (Å²) in [6, 6.07) is 13.4. The van der Waals surface area contributed by atoms with Crippen LogP contribution in [-0.2, 0) is 10.0 Å². The molecule has 3 heterocycles. The first kappa shape index (κ1) is 20.0. The monoisotopic (exact) mass is 454 g/mol. The summed E-state index contributed by atoms with van der Waals surface area (Å²) in [5.41, 5.74) is 4.51. The zero-order chi connectivity index (χ0) is 21.3. The summed E-state index contributed by atoms with van der Waals surface area (Å²) >= 11 is 1.24. The van der Waals surface area contributed by atoms with E-state index in [0.29, 0.717) is 24.0 Å². The highest BCUT2D eigenvalue weighted by Crippen LogP contribution is 2.41. The Kier molecular flexibility index (Phi) is 5.39. The van der Waals surface area contributed by atoms with Gasteiger partial charge in [-0.25, -0.2) is 13.4 Å². The molecule has 0 amide bonds. The maximum atomic E-state index is 12.8. The van der Waals surface area contributed by atoms with E-state index in [1.807, 2.05) is 12.1 Å². The van der Waals surface area contributed by atoms with Gasteiger partial charge in [-0.15, -0.1) is 11.3 Å². The second-order valence-corrected chi connectivity index (χ2v) is 9.85. The van der Waals surface area contributed by atoms with Gasteiger partial charge in [-0.2, -0.15) is 0 Å². The smallest absolute Gasteiger partial charge is 0.263 e. The van der Waals surface area contributed by atoms with Crippen LogP contribution in [0.5, 0.6) is 5.75 Å². The van der Waals surface area contributed by atoms with Gasteiger partial charge in [-0.1, -0.05) is 24.3 Å². The van der Waals surface area contributed by atoms with Crippen molar-refractivity contribution < 1.29 is 13.2 Å². The predicted octanol–water partition coefficient (Wildman–Crippen LogP) is 3.85. The Morgan fingerprint density at radius 3 is 2.87 bits per heavy atom. The van der Waals surface area contributed by atoms with Crippen molar-refractivity contribution in [3.63, 3.8) is 0 Å². The van der Waals surface area contributed by atoms with Gasteiger partial charge >= 0.3 is 0 Å². The summed E-state index contributed by atoms with van der Waals surface area (Å²) in [5, 5.41) is 5.42. The van der Waals surface area contributed by atoms with Crippen molar-refractivity contribution in [2.45, 2.75) is 11.3 Å². The highest BCUT2D eigenvalue weighted by Gasteiger charge is 2.25. The molecule has 0 spiro atoms. The summed E-state index contributed by atoms with van der Waals surface area (Å²) in [5.74, 6) is 0.558. The first-order valence-electron chi connectivity index (χ1n) is 10.1. The Hall–Kier alpha value is -2.88. The minimum atomic E-state index is -3.74. The molecule has 0 aliphatic carbocycles. The van der Waals surface area contributed by atoms with Gasteiger partial charge in [-0.3, -0.25) is 4.72 Å². The summed E-state index contributed by atoms with van der Waals surface area (Å²) in [6.07, 6.45) is 4.78. The molecular weight excluding hydrogens is 432 g/mol. The fraction of sp³-hybridized carbons (Fsp3) is 0.227. The average molecular weight is 455 g/mol. The fourth-order valence-electron chi connectivity index (χ4n) is 3.91. The van der Waals surface area contributed by atoms with Crippen LogP contribution in [0.25, 0.3) is 5.57 Å². The average Bonchev–Trinajstić information content (AvgIpc) is 3.31. The van der Waals surface area contributed by atoms with Crippen LogP contribution in [0.15, 0.2) is 65.0 Å². The molecule has 0 bridgehead atoms. The summed E-state index contributed by atoms with van der Waals surface area (Å²) in [6.45, 7) is 3.01. The SMILES string of the molecule is O=S(=O)(Nc1nccs1)c1ccc2c(c1)OCCN2c1ccccc1C1=CCNCC1. The third kappa shape index (κ3) is 4.04. The number of ether oxygens (including phenoxy) is 1. The van der Waals surface area contributed by atoms with E-state index in [9.17, 15) is 8.42 Å². The highest BCUT2D eigenvalue weighted by atomic mass is 32.2. The summed E-state index contributed by atoms with van der Waals surface area (Å²) in [4.78, 5) is 6.36. The number of thiazole rings is 1. The number of para-hydroxylation sites is 1. The molecule has 1 aromatic heterocycles. The lowest BCUT2D eigenvalue weighted by atomic mass is 9.97. The van der Waals surface area contributed by atoms with Gasteiger partial charge in [-0.05, 0) is 36.7 Å². The minimum Gasteiger partial charge on any atom is -0.489 e. The van der Waals surface area contributed by atoms with E-state index < -0.39 is 10.0 Å². The lowest BCUT2D eigenvalue weighted by Crippen LogP contribution is -2.30. The number of aromatic nitrogens is 1. The van der Waals surface area contributed by atoms with Gasteiger partial charge in [0.15, 0.2) is 5.13 Å². The number of benzene rings is 2. The van der Waals surface area contributed by atoms with Crippen molar-refractivity contribution in [1.82, 2.24) is 10.3 Å². The molecule has 0 unspecified atom stereocenters. The third-order valence-corrected chi connectivity index (χ3v) is 7.52. The lowest BCUT2D eigenvalue weighted by Gasteiger charge is -2.33. The molecule has 0 saturated carbocycles. The van der Waals surface area contributed by atoms with E-state index in [-0.39, 0.29) is 4.90 Å². The van der Waals surface area contributed by atoms with E-state index in [0.717, 1.165) is 30.9 Å². The van der Waals surface area contributed by atoms with Gasteiger partial charge in [0.25, 0.3) is 10.0 Å². The first-order chi connectivity index (χ1) is 15.1. The van der Waals surface area contributed by atoms with Crippen LogP contribution < -0.4 is 19.7 Å². The molecule has 5 rings (SSSR count). The fourth-order valence-corrected chi connectivity index (χ4v) is 5.72. The Labute approximate surface area is 185 Å². The Morgan fingerprint density at radius 2 is 2.06 bits per heavy atom. The molecule has 0 atom stereocenters. The van der Waals surface area contributed by atoms with Crippen molar-refractivity contribution in [3.8, 4) is 5.75 Å². The standard InChI is InChI=1S/C22H22N4O3S2/c27-31(28,25-22-24-11-14-30-22)17-5-6-20-21(15-17)29-13-12-26(20)19-4-2-1-3-18(19)16-7-9-23-10-8-16/h1-7,11,14-15,23H,8-10,12-13H2,(H,24,25). The first-order valence-corrected chi connectivity index (χ1v) is 12.4. The molecule has 0 saturated heterocycles. The van der Waals surface area contributed by atoms with Gasteiger partial charge in [0.2, 0.25) is 0 Å². The van der Waals surface area contributed by atoms with Crippen LogP contribution in [0.3, 0.4) is 0 Å². The van der Waals surface area contributed by atoms with Crippen LogP contribution in [0.2, 0.25) is 0 Å². The third-order valence-electron chi connectivity index (χ3n) is 5.36. The Balaban J connectivity index is 1.50. The molecule has 3 aromatic rings. The Bertz CT molecular complexity index is 1220. The summed E-state index contributed by atoms with van der Waals surface area (Å²) in [7, 11) is -3.74. The molecule has 2 aliphatic rings. The van der Waals surface area contributed by atoms with E-state index in [4.69, 9.17) is 4.74 Å². The number of hydrogen-bond donors (Lipinski definition) is 2. The van der Waals surface area contributed by atoms with Crippen molar-refractivity contribution in [2.75, 3.05) is 35.9 Å². The van der Waals surface area contributed by atoms with Crippen molar-refractivity contribution in [1.29, 1.82) is 0 Å². The molecule has 2 aromatic carbocycles. The van der Waals surface area contributed by atoms with Crippen LogP contribution in [0.1, 0.15) is 12.0 Å². The van der Waals surface area contributed by atoms with Crippen LogP contribution in [0, 0.1) is 0 Å². The quantitative estimate of drug-likeness (QED) is 0.609. The van der Waals surface area contributed by atoms with Crippen molar-refractivity contribution >= 4 is 43.4 Å². The van der Waals surface area contributed by atoms with E-state index in [1.54, 1.807) is 23.7 Å². The Morgan fingerprint density at radius 1 is 1.16 bits per heavy atom. The van der Waals surface area contributed by atoms with Gasteiger partial charge in [0.05, 0.1) is 17.1 Å². The number of rotatable bonds is 5. The lowest BCUT2D eigenvalue weighted by molar-refractivity contribution is 0.313. The molecule has 7 nitrogen and oxygen atoms in total. The number of sulfonamides is 1. The van der Waals surface area contributed by atoms with E-state index in [2.05, 4.69) is 44.2 Å². The van der Waals surface area contributed by atoms with Gasteiger partial charge in [0.1, 0.15) is 12.4 Å². The maximum absolute atomic E-state index is 12.8. The number of fused-ring (bicyclic) bond motifs is 1. The number of nitrogens with zero attached hydrogens (tertiary/aromatic N) is 2. The topological polar surface area (TPSA) is 83.6 Å². The zero-order valence-corrected chi connectivity index (χ0v) is 18.4. The second kappa shape index (κ2) is 8.33.